The summed E-state index contributed by atoms with van der Waals surface area (Å²) in [7, 11) is 3.21. The maximum atomic E-state index is 13.6. The van der Waals surface area contributed by atoms with Crippen molar-refractivity contribution in [2.24, 2.45) is 0 Å². The van der Waals surface area contributed by atoms with Gasteiger partial charge in [0.1, 0.15) is 17.2 Å². The summed E-state index contributed by atoms with van der Waals surface area (Å²) in [5, 5.41) is 7.86. The molecule has 3 aromatic carbocycles. The molecule has 5 rings (SSSR count). The molecule has 7 nitrogen and oxygen atoms in total. The van der Waals surface area contributed by atoms with Gasteiger partial charge in [0.25, 0.3) is 5.91 Å². The van der Waals surface area contributed by atoms with Crippen LogP contribution in [0.25, 0.3) is 16.9 Å². The number of rotatable bonds is 7. The Balaban J connectivity index is 1.55. The van der Waals surface area contributed by atoms with E-state index in [1.54, 1.807) is 25.1 Å². The fourth-order valence-electron chi connectivity index (χ4n) is 4.41. The molecule has 4 aromatic rings. The third-order valence-electron chi connectivity index (χ3n) is 6.22. The molecule has 1 N–H and O–H groups in total. The van der Waals surface area contributed by atoms with E-state index in [2.05, 4.69) is 16.3 Å². The van der Waals surface area contributed by atoms with Gasteiger partial charge in [0.2, 0.25) is 0 Å². The van der Waals surface area contributed by atoms with Gasteiger partial charge in [0.15, 0.2) is 0 Å². The van der Waals surface area contributed by atoms with Crippen molar-refractivity contribution in [2.45, 2.75) is 12.8 Å². The first-order chi connectivity index (χ1) is 17.2. The molecule has 0 unspecified atom stereocenters. The minimum absolute atomic E-state index is 0.245. The number of ether oxygens (including phenoxy) is 2. The molecular formula is C28H28N4O3. The minimum atomic E-state index is -0.245. The summed E-state index contributed by atoms with van der Waals surface area (Å²) in [5.41, 5.74) is 4.35. The molecule has 1 saturated heterocycles. The highest BCUT2D eigenvalue weighted by molar-refractivity contribution is 6.08. The van der Waals surface area contributed by atoms with E-state index >= 15 is 0 Å². The molecule has 1 aliphatic heterocycles. The van der Waals surface area contributed by atoms with Crippen molar-refractivity contribution in [3.8, 4) is 28.4 Å². The van der Waals surface area contributed by atoms with Crippen molar-refractivity contribution in [1.29, 1.82) is 0 Å². The zero-order valence-electron chi connectivity index (χ0n) is 19.9. The molecule has 1 aromatic heterocycles. The lowest BCUT2D eigenvalue weighted by molar-refractivity contribution is 0.102. The molecule has 0 atom stereocenters. The molecular weight excluding hydrogens is 440 g/mol. The molecule has 0 aliphatic carbocycles. The summed E-state index contributed by atoms with van der Waals surface area (Å²) in [6.07, 6.45) is 4.14. The van der Waals surface area contributed by atoms with Crippen LogP contribution in [-0.2, 0) is 0 Å². The van der Waals surface area contributed by atoms with Crippen LogP contribution in [0.2, 0.25) is 0 Å². The first kappa shape index (κ1) is 22.5. The first-order valence-electron chi connectivity index (χ1n) is 11.7. The van der Waals surface area contributed by atoms with Crippen LogP contribution in [0.1, 0.15) is 23.2 Å². The van der Waals surface area contributed by atoms with E-state index in [4.69, 9.17) is 14.6 Å². The fraction of sp³-hybridized carbons (Fsp3) is 0.214. The molecule has 1 amide bonds. The number of anilines is 2. The first-order valence-corrected chi connectivity index (χ1v) is 11.7. The molecule has 1 aliphatic rings. The minimum Gasteiger partial charge on any atom is -0.497 e. The number of carbonyl (C=O) groups is 1. The lowest BCUT2D eigenvalue weighted by atomic mass is 10.1. The second-order valence-corrected chi connectivity index (χ2v) is 8.44. The normalized spacial score (nSPS) is 13.0. The van der Waals surface area contributed by atoms with Crippen molar-refractivity contribution < 1.29 is 14.3 Å². The zero-order valence-corrected chi connectivity index (χ0v) is 19.9. The number of benzene rings is 3. The van der Waals surface area contributed by atoms with E-state index in [0.717, 1.165) is 30.2 Å². The van der Waals surface area contributed by atoms with Crippen LogP contribution < -0.4 is 19.7 Å². The van der Waals surface area contributed by atoms with Crippen LogP contribution >= 0.6 is 0 Å². The average molecular weight is 469 g/mol. The van der Waals surface area contributed by atoms with Crippen molar-refractivity contribution in [3.05, 3.63) is 84.6 Å². The van der Waals surface area contributed by atoms with Gasteiger partial charge < -0.3 is 19.7 Å². The summed E-state index contributed by atoms with van der Waals surface area (Å²) >= 11 is 0. The second-order valence-electron chi connectivity index (χ2n) is 8.44. The predicted octanol–water partition coefficient (Wildman–Crippen LogP) is 5.41. The van der Waals surface area contributed by atoms with Gasteiger partial charge in [-0.25, -0.2) is 4.68 Å². The van der Waals surface area contributed by atoms with E-state index in [9.17, 15) is 4.79 Å². The van der Waals surface area contributed by atoms with Crippen LogP contribution in [0, 0.1) is 0 Å². The van der Waals surface area contributed by atoms with Gasteiger partial charge in [0.05, 0.1) is 25.5 Å². The zero-order chi connectivity index (χ0) is 24.2. The van der Waals surface area contributed by atoms with Crippen molar-refractivity contribution in [2.75, 3.05) is 37.5 Å². The van der Waals surface area contributed by atoms with Crippen LogP contribution in [0.4, 0.5) is 11.4 Å². The number of nitrogens with one attached hydrogen (secondary N) is 1. The Kier molecular flexibility index (Phi) is 6.39. The highest BCUT2D eigenvalue weighted by atomic mass is 16.5. The Morgan fingerprint density at radius 3 is 2.40 bits per heavy atom. The van der Waals surface area contributed by atoms with Gasteiger partial charge in [-0.05, 0) is 61.4 Å². The summed E-state index contributed by atoms with van der Waals surface area (Å²) in [5.74, 6) is 1.01. The summed E-state index contributed by atoms with van der Waals surface area (Å²) in [6, 6.07) is 23.2. The topological polar surface area (TPSA) is 68.6 Å². The molecule has 1 fully saturated rings. The van der Waals surface area contributed by atoms with Gasteiger partial charge in [0, 0.05) is 36.2 Å². The molecule has 178 valence electrons. The Hall–Kier alpha value is -4.26. The number of hydrogen-bond acceptors (Lipinski definition) is 5. The Morgan fingerprint density at radius 2 is 1.66 bits per heavy atom. The van der Waals surface area contributed by atoms with Crippen LogP contribution in [0.5, 0.6) is 11.5 Å². The smallest absolute Gasteiger partial charge is 0.259 e. The quantitative estimate of drug-likeness (QED) is 0.393. The third-order valence-corrected chi connectivity index (χ3v) is 6.22. The van der Waals surface area contributed by atoms with Crippen LogP contribution in [-0.4, -0.2) is 43.0 Å². The molecule has 2 heterocycles. The van der Waals surface area contributed by atoms with Crippen LogP contribution in [0.15, 0.2) is 79.0 Å². The summed E-state index contributed by atoms with van der Waals surface area (Å²) in [4.78, 5) is 15.9. The molecule has 0 spiro atoms. The Labute approximate surface area is 204 Å². The monoisotopic (exact) mass is 468 g/mol. The number of methoxy groups -OCH3 is 2. The second kappa shape index (κ2) is 9.93. The number of hydrogen-bond donors (Lipinski definition) is 1. The average Bonchev–Trinajstić information content (AvgIpc) is 3.60. The Morgan fingerprint density at radius 1 is 0.886 bits per heavy atom. The molecule has 35 heavy (non-hydrogen) atoms. The molecule has 0 saturated carbocycles. The van der Waals surface area contributed by atoms with E-state index in [0.29, 0.717) is 28.3 Å². The number of amides is 1. The van der Waals surface area contributed by atoms with E-state index < -0.39 is 0 Å². The third kappa shape index (κ3) is 4.71. The lowest BCUT2D eigenvalue weighted by Gasteiger charge is -2.18. The predicted molar refractivity (Wildman–Crippen MR) is 138 cm³/mol. The van der Waals surface area contributed by atoms with Crippen molar-refractivity contribution in [3.63, 3.8) is 0 Å². The van der Waals surface area contributed by atoms with E-state index in [1.807, 2.05) is 66.7 Å². The highest BCUT2D eigenvalue weighted by Gasteiger charge is 2.22. The number of para-hydroxylation sites is 1. The highest BCUT2D eigenvalue weighted by Crippen LogP contribution is 2.35. The lowest BCUT2D eigenvalue weighted by Crippen LogP contribution is -2.18. The van der Waals surface area contributed by atoms with Crippen molar-refractivity contribution >= 4 is 17.3 Å². The van der Waals surface area contributed by atoms with Gasteiger partial charge in [-0.3, -0.25) is 4.79 Å². The van der Waals surface area contributed by atoms with Gasteiger partial charge >= 0.3 is 0 Å². The van der Waals surface area contributed by atoms with Gasteiger partial charge in [-0.15, -0.1) is 0 Å². The molecule has 0 radical (unpaired) electrons. The van der Waals surface area contributed by atoms with Gasteiger partial charge in [-0.2, -0.15) is 5.10 Å². The largest absolute Gasteiger partial charge is 0.497 e. The maximum absolute atomic E-state index is 13.6. The van der Waals surface area contributed by atoms with E-state index in [1.165, 1.54) is 12.8 Å². The maximum Gasteiger partial charge on any atom is 0.259 e. The number of aromatic nitrogens is 2. The summed E-state index contributed by atoms with van der Waals surface area (Å²) < 4.78 is 12.7. The van der Waals surface area contributed by atoms with Crippen molar-refractivity contribution in [1.82, 2.24) is 9.78 Å². The molecule has 0 bridgehead atoms. The standard InChI is InChI=1S/C28H28N4O3/c1-34-23-13-14-26(35-2)24(18-23)27-25(19-32(30-27)21-10-4-3-5-11-21)28(33)29-20-9-8-12-22(17-20)31-15-6-7-16-31/h3-5,8-14,17-19H,6-7,15-16H2,1-2H3,(H,29,33). The fourth-order valence-corrected chi connectivity index (χ4v) is 4.41. The van der Waals surface area contributed by atoms with Crippen LogP contribution in [0.3, 0.4) is 0 Å². The van der Waals surface area contributed by atoms with E-state index in [-0.39, 0.29) is 5.91 Å². The number of nitrogens with zero attached hydrogens (tertiary/aromatic N) is 3. The molecule has 7 heteroatoms. The number of carbonyl (C=O) groups excluding carboxylic acids is 1. The van der Waals surface area contributed by atoms with Gasteiger partial charge in [-0.1, -0.05) is 24.3 Å². The summed E-state index contributed by atoms with van der Waals surface area (Å²) in [6.45, 7) is 2.09. The Bertz CT molecular complexity index is 1330. The SMILES string of the molecule is COc1ccc(OC)c(-c2nn(-c3ccccc3)cc2C(=O)Nc2cccc(N3CCCC3)c2)c1.